The molecular weight excluding hydrogens is 370 g/mol. The Labute approximate surface area is 170 Å². The Hall–Kier alpha value is -3.35. The Kier molecular flexibility index (Phi) is 6.49. The number of amides is 1. The molecule has 7 nitrogen and oxygen atoms in total. The van der Waals surface area contributed by atoms with Crippen LogP contribution < -0.4 is 9.47 Å². The molecule has 0 saturated carbocycles. The van der Waals surface area contributed by atoms with Crippen LogP contribution in [0.25, 0.3) is 11.4 Å². The third-order valence-corrected chi connectivity index (χ3v) is 4.77. The number of hydrogen-bond donors (Lipinski definition) is 0. The molecule has 1 amide bonds. The second kappa shape index (κ2) is 9.23. The standard InChI is InChI=1S/C22H25N3O4/c1-5-17(15-9-7-6-8-10-15)22(26)25(2)14-20-23-21(24-29-20)16-11-12-18(27-3)19(13-16)28-4/h6-13,17H,5,14H2,1-4H3. The molecule has 0 aliphatic rings. The summed E-state index contributed by atoms with van der Waals surface area (Å²) in [6.45, 7) is 2.24. The summed E-state index contributed by atoms with van der Waals surface area (Å²) in [4.78, 5) is 19.0. The summed E-state index contributed by atoms with van der Waals surface area (Å²) in [5, 5.41) is 4.03. The van der Waals surface area contributed by atoms with Crippen molar-refractivity contribution in [1.29, 1.82) is 0 Å². The molecule has 3 aromatic rings. The third kappa shape index (κ3) is 4.56. The number of benzene rings is 2. The maximum Gasteiger partial charge on any atom is 0.246 e. The fraction of sp³-hybridized carbons (Fsp3) is 0.318. The Morgan fingerprint density at radius 3 is 2.48 bits per heavy atom. The van der Waals surface area contributed by atoms with Gasteiger partial charge in [0.25, 0.3) is 0 Å². The number of likely N-dealkylation sites (N-methyl/N-ethyl adjacent to an activating group) is 1. The van der Waals surface area contributed by atoms with E-state index in [4.69, 9.17) is 14.0 Å². The Bertz CT molecular complexity index is 956. The van der Waals surface area contributed by atoms with Gasteiger partial charge in [0, 0.05) is 12.6 Å². The first-order chi connectivity index (χ1) is 14.1. The van der Waals surface area contributed by atoms with Gasteiger partial charge >= 0.3 is 0 Å². The fourth-order valence-electron chi connectivity index (χ4n) is 3.20. The van der Waals surface area contributed by atoms with Crippen molar-refractivity contribution < 1.29 is 18.8 Å². The number of hydrogen-bond acceptors (Lipinski definition) is 6. The lowest BCUT2D eigenvalue weighted by Crippen LogP contribution is -2.31. The summed E-state index contributed by atoms with van der Waals surface area (Å²) >= 11 is 0. The van der Waals surface area contributed by atoms with Gasteiger partial charge in [0.05, 0.1) is 26.7 Å². The molecule has 0 radical (unpaired) electrons. The van der Waals surface area contributed by atoms with E-state index < -0.39 is 0 Å². The topological polar surface area (TPSA) is 77.7 Å². The van der Waals surface area contributed by atoms with Crippen LogP contribution in [-0.4, -0.2) is 42.2 Å². The molecule has 0 saturated heterocycles. The first-order valence-corrected chi connectivity index (χ1v) is 9.42. The number of rotatable bonds is 8. The van der Waals surface area contributed by atoms with Crippen molar-refractivity contribution in [1.82, 2.24) is 15.0 Å². The molecule has 2 aromatic carbocycles. The van der Waals surface area contributed by atoms with Gasteiger partial charge in [0.15, 0.2) is 11.5 Å². The maximum absolute atomic E-state index is 12.9. The SMILES string of the molecule is CCC(C(=O)N(C)Cc1nc(-c2ccc(OC)c(OC)c2)no1)c1ccccc1. The summed E-state index contributed by atoms with van der Waals surface area (Å²) in [5.74, 6) is 1.82. The van der Waals surface area contributed by atoms with E-state index in [0.717, 1.165) is 11.1 Å². The number of methoxy groups -OCH3 is 2. The molecule has 7 heteroatoms. The minimum Gasteiger partial charge on any atom is -0.493 e. The van der Waals surface area contributed by atoms with Crippen molar-refractivity contribution in [3.63, 3.8) is 0 Å². The van der Waals surface area contributed by atoms with E-state index in [1.165, 1.54) is 0 Å². The minimum absolute atomic E-state index is 0.0181. The quantitative estimate of drug-likeness (QED) is 0.576. The van der Waals surface area contributed by atoms with Crippen LogP contribution in [0.5, 0.6) is 11.5 Å². The van der Waals surface area contributed by atoms with E-state index in [1.54, 1.807) is 38.3 Å². The highest BCUT2D eigenvalue weighted by Gasteiger charge is 2.23. The largest absolute Gasteiger partial charge is 0.493 e. The van der Waals surface area contributed by atoms with E-state index in [9.17, 15) is 4.79 Å². The molecule has 0 spiro atoms. The van der Waals surface area contributed by atoms with Crippen LogP contribution in [0.1, 0.15) is 30.7 Å². The lowest BCUT2D eigenvalue weighted by molar-refractivity contribution is -0.132. The third-order valence-electron chi connectivity index (χ3n) is 4.77. The normalized spacial score (nSPS) is 11.7. The summed E-state index contributed by atoms with van der Waals surface area (Å²) in [7, 11) is 4.89. The highest BCUT2D eigenvalue weighted by molar-refractivity contribution is 5.83. The van der Waals surface area contributed by atoms with Gasteiger partial charge in [-0.25, -0.2) is 0 Å². The lowest BCUT2D eigenvalue weighted by Gasteiger charge is -2.22. The Morgan fingerprint density at radius 2 is 1.83 bits per heavy atom. The Balaban J connectivity index is 1.73. The molecule has 0 fully saturated rings. The molecule has 1 unspecified atom stereocenters. The van der Waals surface area contributed by atoms with Crippen LogP contribution >= 0.6 is 0 Å². The van der Waals surface area contributed by atoms with Crippen LogP contribution in [0.3, 0.4) is 0 Å². The zero-order valence-corrected chi connectivity index (χ0v) is 17.1. The van der Waals surface area contributed by atoms with Crippen molar-refractivity contribution >= 4 is 5.91 Å². The first kappa shape index (κ1) is 20.4. The lowest BCUT2D eigenvalue weighted by atomic mass is 9.95. The molecule has 0 aliphatic carbocycles. The van der Waals surface area contributed by atoms with E-state index in [1.807, 2.05) is 43.3 Å². The van der Waals surface area contributed by atoms with Crippen molar-refractivity contribution in [3.8, 4) is 22.9 Å². The van der Waals surface area contributed by atoms with Crippen molar-refractivity contribution in [2.75, 3.05) is 21.3 Å². The second-order valence-corrected chi connectivity index (χ2v) is 6.65. The highest BCUT2D eigenvalue weighted by atomic mass is 16.5. The van der Waals surface area contributed by atoms with Gasteiger partial charge in [-0.2, -0.15) is 4.98 Å². The van der Waals surface area contributed by atoms with Crippen LogP contribution in [-0.2, 0) is 11.3 Å². The molecule has 0 bridgehead atoms. The molecule has 0 aliphatic heterocycles. The minimum atomic E-state index is -0.200. The molecule has 1 aromatic heterocycles. The van der Waals surface area contributed by atoms with Crippen LogP contribution in [0.4, 0.5) is 0 Å². The summed E-state index contributed by atoms with van der Waals surface area (Å²) in [6.07, 6.45) is 0.716. The number of aromatic nitrogens is 2. The molecule has 0 N–H and O–H groups in total. The smallest absolute Gasteiger partial charge is 0.246 e. The molecule has 3 rings (SSSR count). The van der Waals surface area contributed by atoms with Gasteiger partial charge < -0.3 is 18.9 Å². The number of carbonyl (C=O) groups is 1. The Morgan fingerprint density at radius 1 is 1.10 bits per heavy atom. The zero-order valence-electron chi connectivity index (χ0n) is 17.1. The second-order valence-electron chi connectivity index (χ2n) is 6.65. The van der Waals surface area contributed by atoms with Gasteiger partial charge in [0.1, 0.15) is 0 Å². The summed E-state index contributed by atoms with van der Waals surface area (Å²) < 4.78 is 15.9. The maximum atomic E-state index is 12.9. The van der Waals surface area contributed by atoms with Crippen molar-refractivity contribution in [2.24, 2.45) is 0 Å². The van der Waals surface area contributed by atoms with Gasteiger partial charge in [-0.1, -0.05) is 42.4 Å². The van der Waals surface area contributed by atoms with E-state index >= 15 is 0 Å². The number of ether oxygens (including phenoxy) is 2. The fourth-order valence-corrected chi connectivity index (χ4v) is 3.20. The van der Waals surface area contributed by atoms with Crippen LogP contribution in [0, 0.1) is 0 Å². The van der Waals surface area contributed by atoms with Crippen molar-refractivity contribution in [2.45, 2.75) is 25.8 Å². The highest BCUT2D eigenvalue weighted by Crippen LogP contribution is 2.31. The predicted molar refractivity (Wildman–Crippen MR) is 109 cm³/mol. The van der Waals surface area contributed by atoms with E-state index in [2.05, 4.69) is 10.1 Å². The van der Waals surface area contributed by atoms with Gasteiger partial charge in [-0.05, 0) is 30.2 Å². The zero-order chi connectivity index (χ0) is 20.8. The molecule has 152 valence electrons. The van der Waals surface area contributed by atoms with Crippen LogP contribution in [0.2, 0.25) is 0 Å². The molecular formula is C22H25N3O4. The number of nitrogens with zero attached hydrogens (tertiary/aromatic N) is 3. The average molecular weight is 395 g/mol. The molecule has 1 heterocycles. The van der Waals surface area contributed by atoms with Crippen molar-refractivity contribution in [3.05, 3.63) is 60.0 Å². The molecule has 29 heavy (non-hydrogen) atoms. The predicted octanol–water partition coefficient (Wildman–Crippen LogP) is 3.91. The summed E-state index contributed by atoms with van der Waals surface area (Å²) in [5.41, 5.74) is 1.74. The summed E-state index contributed by atoms with van der Waals surface area (Å²) in [6, 6.07) is 15.2. The van der Waals surface area contributed by atoms with E-state index in [0.29, 0.717) is 29.6 Å². The first-order valence-electron chi connectivity index (χ1n) is 9.42. The van der Waals surface area contributed by atoms with Crippen LogP contribution in [0.15, 0.2) is 53.1 Å². The monoisotopic (exact) mass is 395 g/mol. The van der Waals surface area contributed by atoms with Gasteiger partial charge in [-0.15, -0.1) is 0 Å². The number of carbonyl (C=O) groups excluding carboxylic acids is 1. The van der Waals surface area contributed by atoms with E-state index in [-0.39, 0.29) is 18.4 Å². The van der Waals surface area contributed by atoms with Gasteiger partial charge in [0.2, 0.25) is 17.6 Å². The van der Waals surface area contributed by atoms with Gasteiger partial charge in [-0.3, -0.25) is 4.79 Å². The molecule has 1 atom stereocenters. The average Bonchev–Trinajstić information content (AvgIpc) is 3.22.